The van der Waals surface area contributed by atoms with E-state index in [0.29, 0.717) is 30.0 Å². The van der Waals surface area contributed by atoms with Gasteiger partial charge < -0.3 is 24.2 Å². The predicted octanol–water partition coefficient (Wildman–Crippen LogP) is 3.17. The van der Waals surface area contributed by atoms with E-state index in [-0.39, 0.29) is 23.6 Å². The van der Waals surface area contributed by atoms with Gasteiger partial charge in [-0.3, -0.25) is 14.8 Å². The molecule has 0 aliphatic carbocycles. The molecular formula is C26H26FN5O4. The van der Waals surface area contributed by atoms with Crippen molar-refractivity contribution in [2.24, 2.45) is 0 Å². The Morgan fingerprint density at radius 3 is 2.36 bits per heavy atom. The molecule has 0 bridgehead atoms. The van der Waals surface area contributed by atoms with Crippen molar-refractivity contribution in [2.75, 3.05) is 44.7 Å². The molecule has 0 spiro atoms. The van der Waals surface area contributed by atoms with Crippen molar-refractivity contribution >= 4 is 33.6 Å². The SMILES string of the molecule is C[C@H]1COc2c(N3CCN(C)CC3)c(F)cc3c(=O)c(C(=O)O)cn1c23.c1cnc2cccnc2c1. The van der Waals surface area contributed by atoms with E-state index in [2.05, 4.69) is 14.9 Å². The molecule has 5 heterocycles. The lowest BCUT2D eigenvalue weighted by atomic mass is 10.1. The van der Waals surface area contributed by atoms with E-state index < -0.39 is 17.2 Å². The second-order valence-corrected chi connectivity index (χ2v) is 9.01. The molecule has 2 aliphatic heterocycles. The average molecular weight is 492 g/mol. The highest BCUT2D eigenvalue weighted by Crippen LogP contribution is 2.42. The molecular weight excluding hydrogens is 465 g/mol. The highest BCUT2D eigenvalue weighted by molar-refractivity contribution is 5.97. The van der Waals surface area contributed by atoms with Gasteiger partial charge in [-0.05, 0) is 44.3 Å². The third-order valence-electron chi connectivity index (χ3n) is 6.56. The molecule has 6 rings (SSSR count). The fourth-order valence-corrected chi connectivity index (χ4v) is 4.59. The summed E-state index contributed by atoms with van der Waals surface area (Å²) in [6, 6.07) is 8.66. The minimum Gasteiger partial charge on any atom is -0.487 e. The van der Waals surface area contributed by atoms with Crippen molar-refractivity contribution in [3.8, 4) is 5.75 Å². The normalized spacial score (nSPS) is 17.4. The van der Waals surface area contributed by atoms with Crippen LogP contribution in [0.2, 0.25) is 0 Å². The van der Waals surface area contributed by atoms with Gasteiger partial charge in [-0.25, -0.2) is 9.18 Å². The summed E-state index contributed by atoms with van der Waals surface area (Å²) in [6.45, 7) is 5.08. The molecule has 1 N–H and O–H groups in total. The number of ether oxygens (including phenoxy) is 1. The molecule has 0 unspecified atom stereocenters. The van der Waals surface area contributed by atoms with Crippen LogP contribution in [0.3, 0.4) is 0 Å². The number of aromatic nitrogens is 3. The van der Waals surface area contributed by atoms with Crippen LogP contribution in [-0.4, -0.2) is 70.3 Å². The highest BCUT2D eigenvalue weighted by atomic mass is 19.1. The predicted molar refractivity (Wildman–Crippen MR) is 135 cm³/mol. The van der Waals surface area contributed by atoms with Crippen molar-refractivity contribution in [1.82, 2.24) is 19.4 Å². The zero-order valence-corrected chi connectivity index (χ0v) is 20.0. The summed E-state index contributed by atoms with van der Waals surface area (Å²) in [5, 5.41) is 9.36. The lowest BCUT2D eigenvalue weighted by molar-refractivity contribution is 0.0694. The number of fused-ring (bicyclic) bond motifs is 1. The van der Waals surface area contributed by atoms with E-state index in [1.807, 2.05) is 43.1 Å². The van der Waals surface area contributed by atoms with Crippen LogP contribution in [0.4, 0.5) is 10.1 Å². The van der Waals surface area contributed by atoms with Gasteiger partial charge in [-0.15, -0.1) is 0 Å². The largest absolute Gasteiger partial charge is 0.487 e. The number of hydrogen-bond acceptors (Lipinski definition) is 7. The molecule has 1 atom stereocenters. The van der Waals surface area contributed by atoms with Gasteiger partial charge in [0.25, 0.3) is 0 Å². The summed E-state index contributed by atoms with van der Waals surface area (Å²) in [4.78, 5) is 36.3. The summed E-state index contributed by atoms with van der Waals surface area (Å²) in [7, 11) is 2.02. The van der Waals surface area contributed by atoms with Crippen molar-refractivity contribution in [1.29, 1.82) is 0 Å². The quantitative estimate of drug-likeness (QED) is 0.456. The topological polar surface area (TPSA) is 101 Å². The molecule has 9 nitrogen and oxygen atoms in total. The Balaban J connectivity index is 0.000000222. The van der Waals surface area contributed by atoms with Gasteiger partial charge in [0.05, 0.1) is 28.0 Å². The smallest absolute Gasteiger partial charge is 0.341 e. The number of benzene rings is 1. The Morgan fingerprint density at radius 2 is 1.75 bits per heavy atom. The maximum Gasteiger partial charge on any atom is 0.341 e. The summed E-state index contributed by atoms with van der Waals surface area (Å²) in [5.74, 6) is -1.54. The van der Waals surface area contributed by atoms with Crippen LogP contribution >= 0.6 is 0 Å². The first-order valence-electron chi connectivity index (χ1n) is 11.7. The highest BCUT2D eigenvalue weighted by Gasteiger charge is 2.30. The van der Waals surface area contributed by atoms with E-state index in [0.717, 1.165) is 30.2 Å². The third-order valence-corrected chi connectivity index (χ3v) is 6.56. The first-order chi connectivity index (χ1) is 17.3. The van der Waals surface area contributed by atoms with E-state index in [9.17, 15) is 19.1 Å². The summed E-state index contributed by atoms with van der Waals surface area (Å²) in [5.41, 5.74) is 1.67. The van der Waals surface area contributed by atoms with Gasteiger partial charge >= 0.3 is 5.97 Å². The van der Waals surface area contributed by atoms with Crippen molar-refractivity contribution in [3.05, 3.63) is 70.5 Å². The summed E-state index contributed by atoms with van der Waals surface area (Å²) in [6.07, 6.45) is 4.88. The number of carbonyl (C=O) groups is 1. The Labute approximate surface area is 206 Å². The molecule has 1 saturated heterocycles. The average Bonchev–Trinajstić information content (AvgIpc) is 2.88. The van der Waals surface area contributed by atoms with Crippen molar-refractivity contribution in [2.45, 2.75) is 13.0 Å². The number of piperazine rings is 1. The number of hydrogen-bond donors (Lipinski definition) is 1. The third kappa shape index (κ3) is 4.24. The fraction of sp³-hybridized carbons (Fsp3) is 0.308. The zero-order chi connectivity index (χ0) is 25.4. The Kier molecular flexibility index (Phi) is 6.27. The number of carboxylic acid groups (broad SMARTS) is 1. The van der Waals surface area contributed by atoms with E-state index in [1.165, 1.54) is 6.20 Å². The van der Waals surface area contributed by atoms with Gasteiger partial charge in [0.15, 0.2) is 11.6 Å². The molecule has 4 aromatic rings. The first-order valence-corrected chi connectivity index (χ1v) is 11.7. The standard InChI is InChI=1S/C18H20FN3O4.C8H6N2/c1-10-9-26-17-14-11(16(23)12(18(24)25)8-22(10)14)7-13(19)15(17)21-5-3-20(2)4-6-21;1-3-7-8(9-5-1)4-2-6-10-7/h7-8,10H,3-6,9H2,1-2H3,(H,24,25);1-6H/t10-;/m0./s1. The number of pyridine rings is 3. The lowest BCUT2D eigenvalue weighted by Gasteiger charge is -2.37. The second kappa shape index (κ2) is 9.54. The van der Waals surface area contributed by atoms with Gasteiger partial charge in [-0.2, -0.15) is 0 Å². The van der Waals surface area contributed by atoms with Crippen LogP contribution in [0.1, 0.15) is 23.3 Å². The Hall–Kier alpha value is -4.05. The van der Waals surface area contributed by atoms with Crippen LogP contribution in [0.25, 0.3) is 21.9 Å². The van der Waals surface area contributed by atoms with E-state index >= 15 is 0 Å². The number of nitrogens with zero attached hydrogens (tertiary/aromatic N) is 5. The lowest BCUT2D eigenvalue weighted by Crippen LogP contribution is -2.45. The van der Waals surface area contributed by atoms with Crippen molar-refractivity contribution in [3.63, 3.8) is 0 Å². The van der Waals surface area contributed by atoms with Crippen LogP contribution in [-0.2, 0) is 0 Å². The van der Waals surface area contributed by atoms with Gasteiger partial charge in [0, 0.05) is 44.8 Å². The maximum atomic E-state index is 15.0. The summed E-state index contributed by atoms with van der Waals surface area (Å²) >= 11 is 0. The van der Waals surface area contributed by atoms with Crippen LogP contribution in [0.5, 0.6) is 5.75 Å². The minimum atomic E-state index is -1.32. The Bertz CT molecular complexity index is 1450. The van der Waals surface area contributed by atoms with Crippen LogP contribution < -0.4 is 15.1 Å². The molecule has 36 heavy (non-hydrogen) atoms. The van der Waals surface area contributed by atoms with Crippen molar-refractivity contribution < 1.29 is 19.0 Å². The van der Waals surface area contributed by atoms with Crippen LogP contribution in [0, 0.1) is 5.82 Å². The number of carboxylic acids is 1. The van der Waals surface area contributed by atoms with E-state index in [1.54, 1.807) is 17.0 Å². The van der Waals surface area contributed by atoms with Gasteiger partial charge in [0.1, 0.15) is 17.9 Å². The van der Waals surface area contributed by atoms with Crippen LogP contribution in [0.15, 0.2) is 53.7 Å². The molecule has 1 aromatic carbocycles. The molecule has 0 radical (unpaired) electrons. The molecule has 0 saturated carbocycles. The fourth-order valence-electron chi connectivity index (χ4n) is 4.59. The zero-order valence-electron chi connectivity index (χ0n) is 20.0. The Morgan fingerprint density at radius 1 is 1.11 bits per heavy atom. The number of likely N-dealkylation sites (N-methyl/N-ethyl adjacent to an activating group) is 1. The maximum absolute atomic E-state index is 15.0. The molecule has 3 aromatic heterocycles. The monoisotopic (exact) mass is 491 g/mol. The molecule has 2 aliphatic rings. The molecule has 10 heteroatoms. The minimum absolute atomic E-state index is 0.0434. The number of halogens is 1. The molecule has 186 valence electrons. The van der Waals surface area contributed by atoms with E-state index in [4.69, 9.17) is 4.74 Å². The first kappa shape index (κ1) is 23.7. The second-order valence-electron chi connectivity index (χ2n) is 9.01. The number of rotatable bonds is 2. The molecule has 0 amide bonds. The summed E-state index contributed by atoms with van der Waals surface area (Å²) < 4.78 is 22.6. The number of anilines is 1. The van der Waals surface area contributed by atoms with Gasteiger partial charge in [-0.1, -0.05) is 0 Å². The van der Waals surface area contributed by atoms with Gasteiger partial charge in [0.2, 0.25) is 5.43 Å². The molecule has 1 fully saturated rings. The number of aromatic carboxylic acids is 1.